The molecule has 0 atom stereocenters. The summed E-state index contributed by atoms with van der Waals surface area (Å²) in [6.45, 7) is 3.87. The Morgan fingerprint density at radius 1 is 1.00 bits per heavy atom. The molecule has 0 unspecified atom stereocenters. The van der Waals surface area contributed by atoms with Crippen molar-refractivity contribution in [3.63, 3.8) is 0 Å². The summed E-state index contributed by atoms with van der Waals surface area (Å²) in [6.07, 6.45) is 1.75. The second-order valence-electron chi connectivity index (χ2n) is 7.32. The van der Waals surface area contributed by atoms with Gasteiger partial charge in [0, 0.05) is 51.2 Å². The highest BCUT2D eigenvalue weighted by atomic mass is 16.3. The molecule has 4 rings (SSSR count). The first-order chi connectivity index (χ1) is 14.4. The molecule has 1 aromatic carbocycles. The summed E-state index contributed by atoms with van der Waals surface area (Å²) in [5.74, 6) is 0.353. The van der Waals surface area contributed by atoms with E-state index < -0.39 is 11.7 Å². The maximum Gasteiger partial charge on any atom is 0.296 e. The Morgan fingerprint density at radius 3 is 2.40 bits per heavy atom. The first-order valence-corrected chi connectivity index (χ1v) is 9.78. The van der Waals surface area contributed by atoms with Crippen LogP contribution in [-0.2, 0) is 11.8 Å². The third-order valence-corrected chi connectivity index (χ3v) is 5.25. The molecule has 1 aliphatic heterocycles. The number of carbonyl (C=O) groups excluding carboxylic acids is 2. The van der Waals surface area contributed by atoms with Gasteiger partial charge in [-0.25, -0.2) is 9.97 Å². The van der Waals surface area contributed by atoms with E-state index in [1.54, 1.807) is 53.0 Å². The van der Waals surface area contributed by atoms with Gasteiger partial charge in [-0.1, -0.05) is 12.1 Å². The summed E-state index contributed by atoms with van der Waals surface area (Å²) in [4.78, 5) is 37.8. The number of piperazine rings is 1. The Morgan fingerprint density at radius 2 is 1.73 bits per heavy atom. The second-order valence-corrected chi connectivity index (χ2v) is 7.32. The number of hydrogen-bond donors (Lipinski definition) is 1. The topological polar surface area (TPSA) is 91.6 Å². The molecular weight excluding hydrogens is 382 g/mol. The molecular formula is C22H23N5O3. The van der Waals surface area contributed by atoms with E-state index in [0.717, 1.165) is 11.5 Å². The maximum absolute atomic E-state index is 12.6. The molecule has 1 aliphatic rings. The molecule has 0 aliphatic carbocycles. The van der Waals surface area contributed by atoms with Gasteiger partial charge in [-0.3, -0.25) is 9.59 Å². The van der Waals surface area contributed by atoms with Gasteiger partial charge in [-0.05, 0) is 31.2 Å². The van der Waals surface area contributed by atoms with Gasteiger partial charge in [0.15, 0.2) is 5.82 Å². The van der Waals surface area contributed by atoms with Crippen LogP contribution in [0.3, 0.4) is 0 Å². The fourth-order valence-electron chi connectivity index (χ4n) is 3.59. The number of rotatable bonds is 4. The lowest BCUT2D eigenvalue weighted by Gasteiger charge is -2.35. The quantitative estimate of drug-likeness (QED) is 0.528. The zero-order valence-corrected chi connectivity index (χ0v) is 16.9. The van der Waals surface area contributed by atoms with E-state index in [-0.39, 0.29) is 5.75 Å². The minimum absolute atomic E-state index is 0.128. The second kappa shape index (κ2) is 7.98. The number of ketones is 1. The van der Waals surface area contributed by atoms with Crippen molar-refractivity contribution in [1.82, 2.24) is 19.4 Å². The molecule has 0 spiro atoms. The van der Waals surface area contributed by atoms with Crippen molar-refractivity contribution in [3.8, 4) is 17.1 Å². The molecule has 0 saturated carbocycles. The average Bonchev–Trinajstić information content (AvgIpc) is 3.18. The molecule has 2 aromatic heterocycles. The number of nitrogens with zero attached hydrogens (tertiary/aromatic N) is 5. The molecule has 30 heavy (non-hydrogen) atoms. The number of phenolic OH excluding ortho intramolecular Hbond substituents is 1. The van der Waals surface area contributed by atoms with Crippen molar-refractivity contribution in [2.45, 2.75) is 6.92 Å². The minimum Gasteiger partial charge on any atom is -0.507 e. The Balaban J connectivity index is 1.48. The zero-order valence-electron chi connectivity index (χ0n) is 16.9. The zero-order chi connectivity index (χ0) is 21.3. The van der Waals surface area contributed by atoms with E-state index in [1.807, 2.05) is 19.1 Å². The smallest absolute Gasteiger partial charge is 0.296 e. The summed E-state index contributed by atoms with van der Waals surface area (Å²) in [5.41, 5.74) is 1.75. The number of anilines is 1. The highest BCUT2D eigenvalue weighted by Gasteiger charge is 2.28. The molecule has 1 amide bonds. The monoisotopic (exact) mass is 405 g/mol. The summed E-state index contributed by atoms with van der Waals surface area (Å²) in [5, 5.41) is 10.1. The standard InChI is InChI=1S/C22H23N5O3/c1-15-14-19(24-21(23-15)16-6-3-4-8-18(16)28)26-10-12-27(13-11-26)22(30)20(29)17-7-5-9-25(17)2/h3-9,14,28H,10-13H2,1-2H3. The van der Waals surface area contributed by atoms with Gasteiger partial charge in [-0.15, -0.1) is 0 Å². The number of phenols is 1. The lowest BCUT2D eigenvalue weighted by molar-refractivity contribution is -0.126. The van der Waals surface area contributed by atoms with Crippen LogP contribution in [0.15, 0.2) is 48.7 Å². The number of aromatic hydroxyl groups is 1. The molecule has 1 N–H and O–H groups in total. The summed E-state index contributed by atoms with van der Waals surface area (Å²) >= 11 is 0. The molecule has 1 fully saturated rings. The van der Waals surface area contributed by atoms with Gasteiger partial charge < -0.3 is 19.5 Å². The lowest BCUT2D eigenvalue weighted by Crippen LogP contribution is -2.51. The number of carbonyl (C=O) groups is 2. The van der Waals surface area contributed by atoms with Crippen LogP contribution in [-0.4, -0.2) is 62.4 Å². The van der Waals surface area contributed by atoms with Crippen LogP contribution in [0.4, 0.5) is 5.82 Å². The number of Topliss-reactive ketones (excluding diaryl/α,β-unsaturated/α-hetero) is 1. The SMILES string of the molecule is Cc1cc(N2CCN(C(=O)C(=O)c3cccn3C)CC2)nc(-c2ccccc2O)n1. The van der Waals surface area contributed by atoms with E-state index in [0.29, 0.717) is 43.3 Å². The fourth-order valence-corrected chi connectivity index (χ4v) is 3.59. The van der Waals surface area contributed by atoms with Crippen molar-refractivity contribution in [2.24, 2.45) is 7.05 Å². The average molecular weight is 405 g/mol. The summed E-state index contributed by atoms with van der Waals surface area (Å²) in [6, 6.07) is 12.3. The molecule has 3 aromatic rings. The van der Waals surface area contributed by atoms with E-state index in [2.05, 4.69) is 14.9 Å². The van der Waals surface area contributed by atoms with Crippen LogP contribution < -0.4 is 4.90 Å². The third-order valence-electron chi connectivity index (χ3n) is 5.25. The highest BCUT2D eigenvalue weighted by Crippen LogP contribution is 2.28. The largest absolute Gasteiger partial charge is 0.507 e. The molecule has 1 saturated heterocycles. The molecule has 8 heteroatoms. The van der Waals surface area contributed by atoms with E-state index in [1.165, 1.54) is 0 Å². The van der Waals surface area contributed by atoms with Crippen molar-refractivity contribution >= 4 is 17.5 Å². The molecule has 0 radical (unpaired) electrons. The predicted octanol–water partition coefficient (Wildman–Crippen LogP) is 2.03. The van der Waals surface area contributed by atoms with Crippen LogP contribution in [0.2, 0.25) is 0 Å². The number of para-hydroxylation sites is 1. The molecule has 0 bridgehead atoms. The first-order valence-electron chi connectivity index (χ1n) is 9.78. The number of benzene rings is 1. The van der Waals surface area contributed by atoms with Crippen LogP contribution >= 0.6 is 0 Å². The number of aromatic nitrogens is 3. The summed E-state index contributed by atoms with van der Waals surface area (Å²) < 4.78 is 1.65. The van der Waals surface area contributed by atoms with Gasteiger partial charge in [0.25, 0.3) is 11.7 Å². The molecule has 8 nitrogen and oxygen atoms in total. The van der Waals surface area contributed by atoms with E-state index >= 15 is 0 Å². The maximum atomic E-state index is 12.6. The van der Waals surface area contributed by atoms with Gasteiger partial charge in [0.05, 0.1) is 11.3 Å². The highest BCUT2D eigenvalue weighted by molar-refractivity contribution is 6.42. The van der Waals surface area contributed by atoms with E-state index in [9.17, 15) is 14.7 Å². The third kappa shape index (κ3) is 3.76. The summed E-state index contributed by atoms with van der Waals surface area (Å²) in [7, 11) is 1.75. The lowest BCUT2D eigenvalue weighted by atomic mass is 10.2. The fraction of sp³-hybridized carbons (Fsp3) is 0.273. The van der Waals surface area contributed by atoms with Crippen molar-refractivity contribution in [1.29, 1.82) is 0 Å². The van der Waals surface area contributed by atoms with Gasteiger partial charge in [-0.2, -0.15) is 0 Å². The van der Waals surface area contributed by atoms with Gasteiger partial charge in [0.1, 0.15) is 11.6 Å². The van der Waals surface area contributed by atoms with E-state index in [4.69, 9.17) is 0 Å². The number of hydrogen-bond acceptors (Lipinski definition) is 6. The van der Waals surface area contributed by atoms with Crippen molar-refractivity contribution < 1.29 is 14.7 Å². The number of aryl methyl sites for hydroxylation is 2. The molecule has 3 heterocycles. The van der Waals surface area contributed by atoms with Crippen LogP contribution in [0.25, 0.3) is 11.4 Å². The Hall–Kier alpha value is -3.68. The van der Waals surface area contributed by atoms with Gasteiger partial charge >= 0.3 is 0 Å². The predicted molar refractivity (Wildman–Crippen MR) is 112 cm³/mol. The normalized spacial score (nSPS) is 14.1. The van der Waals surface area contributed by atoms with Gasteiger partial charge in [0.2, 0.25) is 0 Å². The molecule has 154 valence electrons. The minimum atomic E-state index is -0.490. The first kappa shape index (κ1) is 19.6. The number of amides is 1. The Labute approximate surface area is 174 Å². The Bertz CT molecular complexity index is 1100. The van der Waals surface area contributed by atoms with Crippen LogP contribution in [0, 0.1) is 6.92 Å². The van der Waals surface area contributed by atoms with Crippen LogP contribution in [0.1, 0.15) is 16.2 Å². The Kier molecular flexibility index (Phi) is 5.22. The van der Waals surface area contributed by atoms with Crippen molar-refractivity contribution in [3.05, 3.63) is 60.0 Å². The van der Waals surface area contributed by atoms with Crippen molar-refractivity contribution in [2.75, 3.05) is 31.1 Å². The van der Waals surface area contributed by atoms with Crippen LogP contribution in [0.5, 0.6) is 5.75 Å².